The van der Waals surface area contributed by atoms with Gasteiger partial charge in [0.25, 0.3) is 5.91 Å². The second-order valence-electron chi connectivity index (χ2n) is 7.95. The van der Waals surface area contributed by atoms with Crippen LogP contribution in [0.25, 0.3) is 0 Å². The van der Waals surface area contributed by atoms with Crippen molar-refractivity contribution in [3.63, 3.8) is 0 Å². The summed E-state index contributed by atoms with van der Waals surface area (Å²) in [4.78, 5) is 12.8. The summed E-state index contributed by atoms with van der Waals surface area (Å²) in [7, 11) is 0. The lowest BCUT2D eigenvalue weighted by Crippen LogP contribution is -2.34. The molecule has 0 aliphatic carbocycles. The lowest BCUT2D eigenvalue weighted by molar-refractivity contribution is 0.0972. The number of carbonyl (C=O) groups excluding carboxylic acids is 1. The van der Waals surface area contributed by atoms with E-state index in [0.717, 1.165) is 11.5 Å². The number of thiocarbonyl (C=S) groups is 1. The first kappa shape index (κ1) is 26.5. The first-order valence-corrected chi connectivity index (χ1v) is 12.5. The van der Waals surface area contributed by atoms with Gasteiger partial charge in [-0.15, -0.1) is 0 Å². The van der Waals surface area contributed by atoms with Crippen LogP contribution < -0.4 is 29.6 Å². The average molecular weight is 529 g/mol. The third kappa shape index (κ3) is 8.53. The maximum Gasteiger partial charge on any atom is 0.261 e. The molecule has 4 aromatic carbocycles. The van der Waals surface area contributed by atoms with Gasteiger partial charge in [0.15, 0.2) is 5.11 Å². The molecule has 0 bridgehead atoms. The van der Waals surface area contributed by atoms with Crippen LogP contribution in [-0.4, -0.2) is 37.4 Å². The number of rotatable bonds is 12. The summed E-state index contributed by atoms with van der Waals surface area (Å²) in [5.41, 5.74) is 1.09. The fourth-order valence-electron chi connectivity index (χ4n) is 3.41. The Morgan fingerprint density at radius 2 is 1.05 bits per heavy atom. The number of benzene rings is 4. The third-order valence-corrected chi connectivity index (χ3v) is 5.39. The molecular formula is C30H28N2O5S. The van der Waals surface area contributed by atoms with Gasteiger partial charge in [0, 0.05) is 5.69 Å². The van der Waals surface area contributed by atoms with Crippen LogP contribution in [0, 0.1) is 0 Å². The SMILES string of the molecule is O=C(NC(=S)Nc1ccc(OCCOc2ccccc2)cc1)c1ccccc1OCCOc1ccccc1. The molecule has 194 valence electrons. The maximum absolute atomic E-state index is 12.8. The molecule has 0 fully saturated rings. The predicted molar refractivity (Wildman–Crippen MR) is 151 cm³/mol. The van der Waals surface area contributed by atoms with Gasteiger partial charge in [0.05, 0.1) is 5.56 Å². The zero-order valence-corrected chi connectivity index (χ0v) is 21.5. The monoisotopic (exact) mass is 528 g/mol. The maximum atomic E-state index is 12.8. The highest BCUT2D eigenvalue weighted by molar-refractivity contribution is 7.80. The van der Waals surface area contributed by atoms with E-state index in [9.17, 15) is 4.79 Å². The van der Waals surface area contributed by atoms with Crippen molar-refractivity contribution < 1.29 is 23.7 Å². The minimum atomic E-state index is -0.375. The van der Waals surface area contributed by atoms with Crippen molar-refractivity contribution in [3.8, 4) is 23.0 Å². The van der Waals surface area contributed by atoms with Crippen molar-refractivity contribution in [1.29, 1.82) is 0 Å². The quantitative estimate of drug-likeness (QED) is 0.180. The highest BCUT2D eigenvalue weighted by Crippen LogP contribution is 2.19. The van der Waals surface area contributed by atoms with Crippen molar-refractivity contribution in [3.05, 3.63) is 115 Å². The van der Waals surface area contributed by atoms with Crippen LogP contribution >= 0.6 is 12.2 Å². The molecule has 4 aromatic rings. The largest absolute Gasteiger partial charge is 0.490 e. The van der Waals surface area contributed by atoms with Crippen LogP contribution in [0.4, 0.5) is 5.69 Å². The second kappa shape index (κ2) is 14.2. The highest BCUT2D eigenvalue weighted by Gasteiger charge is 2.14. The van der Waals surface area contributed by atoms with E-state index in [2.05, 4.69) is 10.6 Å². The summed E-state index contributed by atoms with van der Waals surface area (Å²) < 4.78 is 22.8. The highest BCUT2D eigenvalue weighted by atomic mass is 32.1. The molecule has 0 heterocycles. The van der Waals surface area contributed by atoms with Crippen LogP contribution in [0.3, 0.4) is 0 Å². The normalized spacial score (nSPS) is 10.2. The van der Waals surface area contributed by atoms with Crippen molar-refractivity contribution in [2.75, 3.05) is 31.7 Å². The lowest BCUT2D eigenvalue weighted by atomic mass is 10.2. The minimum Gasteiger partial charge on any atom is -0.490 e. The number of nitrogens with one attached hydrogen (secondary N) is 2. The van der Waals surface area contributed by atoms with Gasteiger partial charge in [0.2, 0.25) is 0 Å². The van der Waals surface area contributed by atoms with Gasteiger partial charge in [-0.05, 0) is 72.9 Å². The molecule has 8 heteroatoms. The number of ether oxygens (including phenoxy) is 4. The Morgan fingerprint density at radius 3 is 1.63 bits per heavy atom. The van der Waals surface area contributed by atoms with E-state index < -0.39 is 0 Å². The van der Waals surface area contributed by atoms with Crippen LogP contribution in [0.5, 0.6) is 23.0 Å². The van der Waals surface area contributed by atoms with E-state index in [-0.39, 0.29) is 17.6 Å². The fraction of sp³-hybridized carbons (Fsp3) is 0.133. The number of carbonyl (C=O) groups is 1. The molecule has 0 unspecified atom stereocenters. The summed E-state index contributed by atoms with van der Waals surface area (Å²) in [5, 5.41) is 5.87. The predicted octanol–water partition coefficient (Wildman–Crippen LogP) is 5.73. The van der Waals surface area contributed by atoms with E-state index in [1.165, 1.54) is 0 Å². The minimum absolute atomic E-state index is 0.169. The molecule has 7 nitrogen and oxygen atoms in total. The summed E-state index contributed by atoms with van der Waals surface area (Å²) in [6.07, 6.45) is 0. The molecule has 0 spiro atoms. The molecule has 4 rings (SSSR count). The van der Waals surface area contributed by atoms with Gasteiger partial charge in [-0.25, -0.2) is 0 Å². The molecular weight excluding hydrogens is 500 g/mol. The average Bonchev–Trinajstić information content (AvgIpc) is 2.95. The Bertz CT molecular complexity index is 1300. The van der Waals surface area contributed by atoms with E-state index in [4.69, 9.17) is 31.2 Å². The van der Waals surface area contributed by atoms with E-state index in [0.29, 0.717) is 42.6 Å². The fourth-order valence-corrected chi connectivity index (χ4v) is 3.62. The van der Waals surface area contributed by atoms with Crippen LogP contribution in [-0.2, 0) is 0 Å². The molecule has 0 radical (unpaired) electrons. The third-order valence-electron chi connectivity index (χ3n) is 5.19. The summed E-state index contributed by atoms with van der Waals surface area (Å²) in [6, 6.07) is 33.3. The van der Waals surface area contributed by atoms with Crippen LogP contribution in [0.1, 0.15) is 10.4 Å². The Hall–Kier alpha value is -4.56. The van der Waals surface area contributed by atoms with Crippen LogP contribution in [0.15, 0.2) is 109 Å². The molecule has 0 aliphatic rings. The molecule has 0 saturated heterocycles. The number of amides is 1. The van der Waals surface area contributed by atoms with Gasteiger partial charge in [0.1, 0.15) is 49.4 Å². The van der Waals surface area contributed by atoms with E-state index in [1.54, 1.807) is 24.3 Å². The van der Waals surface area contributed by atoms with Gasteiger partial charge < -0.3 is 24.3 Å². The second-order valence-corrected chi connectivity index (χ2v) is 8.36. The number of anilines is 1. The zero-order chi connectivity index (χ0) is 26.4. The van der Waals surface area contributed by atoms with Crippen molar-refractivity contribution in [2.24, 2.45) is 0 Å². The van der Waals surface area contributed by atoms with Gasteiger partial charge >= 0.3 is 0 Å². The smallest absolute Gasteiger partial charge is 0.261 e. The Kier molecular flexibility index (Phi) is 9.94. The summed E-state index contributed by atoms with van der Waals surface area (Å²) in [6.45, 7) is 1.48. The topological polar surface area (TPSA) is 78.1 Å². The molecule has 0 aromatic heterocycles. The summed E-state index contributed by atoms with van der Waals surface area (Å²) in [5.74, 6) is 2.33. The van der Waals surface area contributed by atoms with Gasteiger partial charge in [-0.1, -0.05) is 48.5 Å². The van der Waals surface area contributed by atoms with E-state index in [1.807, 2.05) is 84.9 Å². The number of para-hydroxylation sites is 3. The lowest BCUT2D eigenvalue weighted by Gasteiger charge is -2.14. The number of hydrogen-bond donors (Lipinski definition) is 2. The molecule has 1 amide bonds. The Balaban J connectivity index is 1.20. The molecule has 2 N–H and O–H groups in total. The first-order chi connectivity index (χ1) is 18.7. The van der Waals surface area contributed by atoms with Crippen molar-refractivity contribution in [2.45, 2.75) is 0 Å². The van der Waals surface area contributed by atoms with Gasteiger partial charge in [-0.3, -0.25) is 10.1 Å². The first-order valence-electron chi connectivity index (χ1n) is 12.1. The molecule has 0 atom stereocenters. The molecule has 38 heavy (non-hydrogen) atoms. The van der Waals surface area contributed by atoms with E-state index >= 15 is 0 Å². The van der Waals surface area contributed by atoms with Crippen molar-refractivity contribution >= 4 is 28.9 Å². The Morgan fingerprint density at radius 1 is 0.579 bits per heavy atom. The van der Waals surface area contributed by atoms with Gasteiger partial charge in [-0.2, -0.15) is 0 Å². The summed E-state index contributed by atoms with van der Waals surface area (Å²) >= 11 is 5.33. The standard InChI is InChI=1S/C30H28N2O5S/c33-29(27-13-7-8-14-28(27)37-22-21-35-25-11-5-2-6-12-25)32-30(38)31-23-15-17-26(18-16-23)36-20-19-34-24-9-3-1-4-10-24/h1-18H,19-22H2,(H2,31,32,33,38). The zero-order valence-electron chi connectivity index (χ0n) is 20.7. The number of hydrogen-bond acceptors (Lipinski definition) is 6. The Labute approximate surface area is 227 Å². The molecule has 0 aliphatic heterocycles. The molecule has 0 saturated carbocycles. The van der Waals surface area contributed by atoms with Crippen molar-refractivity contribution in [1.82, 2.24) is 5.32 Å². The van der Waals surface area contributed by atoms with Crippen LogP contribution in [0.2, 0.25) is 0 Å².